The zero-order chi connectivity index (χ0) is 24.7. The van der Waals surface area contributed by atoms with Crippen LogP contribution in [0.5, 0.6) is 11.5 Å². The molecule has 0 aliphatic carbocycles. The topological polar surface area (TPSA) is 88.6 Å². The third-order valence-corrected chi connectivity index (χ3v) is 5.77. The summed E-state index contributed by atoms with van der Waals surface area (Å²) < 4.78 is 16.9. The molecule has 2 aliphatic heterocycles. The number of carbonyl (C=O) groups is 3. The Balaban J connectivity index is 1.59. The maximum atomic E-state index is 13.1. The average molecular weight is 476 g/mol. The fourth-order valence-electron chi connectivity index (χ4n) is 4.00. The molecule has 0 atom stereocenters. The van der Waals surface area contributed by atoms with E-state index in [4.69, 9.17) is 14.2 Å². The zero-order valence-electron chi connectivity index (χ0n) is 20.8. The van der Waals surface area contributed by atoms with Crippen LogP contribution >= 0.6 is 0 Å². The first-order chi connectivity index (χ1) is 16.2. The summed E-state index contributed by atoms with van der Waals surface area (Å²) in [7, 11) is 0. The van der Waals surface area contributed by atoms with E-state index in [0.29, 0.717) is 49.8 Å². The van der Waals surface area contributed by atoms with Gasteiger partial charge in [0.1, 0.15) is 5.60 Å². The van der Waals surface area contributed by atoms with Crippen molar-refractivity contribution in [3.05, 3.63) is 23.8 Å². The summed E-state index contributed by atoms with van der Waals surface area (Å²) in [6.45, 7) is 10.9. The van der Waals surface area contributed by atoms with E-state index in [2.05, 4.69) is 0 Å². The van der Waals surface area contributed by atoms with Crippen molar-refractivity contribution < 1.29 is 28.6 Å². The molecule has 0 saturated carbocycles. The Bertz CT molecular complexity index is 868. The van der Waals surface area contributed by atoms with Gasteiger partial charge in [-0.3, -0.25) is 9.59 Å². The molecule has 0 N–H and O–H groups in total. The third-order valence-electron chi connectivity index (χ3n) is 5.77. The molecule has 9 nitrogen and oxygen atoms in total. The van der Waals surface area contributed by atoms with E-state index in [1.54, 1.807) is 28.0 Å². The monoisotopic (exact) mass is 475 g/mol. The van der Waals surface area contributed by atoms with E-state index in [1.807, 2.05) is 32.6 Å². The second-order valence-electron chi connectivity index (χ2n) is 9.58. The number of hydrogen-bond donors (Lipinski definition) is 0. The van der Waals surface area contributed by atoms with E-state index >= 15 is 0 Å². The van der Waals surface area contributed by atoms with Gasteiger partial charge in [0, 0.05) is 44.8 Å². The molecule has 2 aliphatic rings. The molecular weight excluding hydrogens is 438 g/mol. The van der Waals surface area contributed by atoms with Gasteiger partial charge in [0.25, 0.3) is 11.8 Å². The summed E-state index contributed by atoms with van der Waals surface area (Å²) in [6, 6.07) is 5.03. The minimum absolute atomic E-state index is 0.0369. The molecule has 2 saturated heterocycles. The number of likely N-dealkylation sites (tertiary alicyclic amines) is 1. The molecule has 0 bridgehead atoms. The molecule has 0 aromatic heterocycles. The van der Waals surface area contributed by atoms with Crippen LogP contribution in [0.3, 0.4) is 0 Å². The maximum Gasteiger partial charge on any atom is 0.410 e. The molecule has 0 spiro atoms. The van der Waals surface area contributed by atoms with Gasteiger partial charge < -0.3 is 28.9 Å². The lowest BCUT2D eigenvalue weighted by Crippen LogP contribution is -2.51. The SMILES string of the molecule is CCOc1cc(C(=O)N2CCN(C(=O)OC(C)(C)C)CC2)ccc1OCC(=O)N1CCCCC1. The van der Waals surface area contributed by atoms with Crippen molar-refractivity contribution >= 4 is 17.9 Å². The Morgan fingerprint density at radius 1 is 0.824 bits per heavy atom. The average Bonchev–Trinajstić information content (AvgIpc) is 2.82. The maximum absolute atomic E-state index is 13.1. The molecule has 9 heteroatoms. The van der Waals surface area contributed by atoms with Crippen molar-refractivity contribution in [3.8, 4) is 11.5 Å². The summed E-state index contributed by atoms with van der Waals surface area (Å²) in [5.41, 5.74) is -0.0778. The van der Waals surface area contributed by atoms with Crippen LogP contribution in [0, 0.1) is 0 Å². The van der Waals surface area contributed by atoms with E-state index in [1.165, 1.54) is 0 Å². The Hall–Kier alpha value is -2.97. The van der Waals surface area contributed by atoms with Crippen LogP contribution in [0.25, 0.3) is 0 Å². The minimum Gasteiger partial charge on any atom is -0.490 e. The highest BCUT2D eigenvalue weighted by Crippen LogP contribution is 2.29. The smallest absolute Gasteiger partial charge is 0.410 e. The number of rotatable bonds is 6. The van der Waals surface area contributed by atoms with Gasteiger partial charge in [-0.2, -0.15) is 0 Å². The lowest BCUT2D eigenvalue weighted by Gasteiger charge is -2.35. The molecular formula is C25H37N3O6. The highest BCUT2D eigenvalue weighted by molar-refractivity contribution is 5.95. The molecule has 34 heavy (non-hydrogen) atoms. The molecule has 2 fully saturated rings. The van der Waals surface area contributed by atoms with Gasteiger partial charge in [-0.05, 0) is 65.2 Å². The Labute approximate surface area is 201 Å². The number of carbonyl (C=O) groups excluding carboxylic acids is 3. The van der Waals surface area contributed by atoms with Crippen molar-refractivity contribution in [1.82, 2.24) is 14.7 Å². The Morgan fingerprint density at radius 3 is 2.09 bits per heavy atom. The second kappa shape index (κ2) is 11.4. The lowest BCUT2D eigenvalue weighted by atomic mass is 10.1. The van der Waals surface area contributed by atoms with Crippen LogP contribution in [0.4, 0.5) is 4.79 Å². The predicted octanol–water partition coefficient (Wildman–Crippen LogP) is 3.17. The van der Waals surface area contributed by atoms with Crippen LogP contribution in [-0.2, 0) is 9.53 Å². The van der Waals surface area contributed by atoms with Gasteiger partial charge in [-0.15, -0.1) is 0 Å². The first-order valence-electron chi connectivity index (χ1n) is 12.1. The minimum atomic E-state index is -0.554. The number of amides is 3. The summed E-state index contributed by atoms with van der Waals surface area (Å²) in [5, 5.41) is 0. The predicted molar refractivity (Wildman–Crippen MR) is 127 cm³/mol. The van der Waals surface area contributed by atoms with Crippen LogP contribution in [-0.4, -0.2) is 90.7 Å². The van der Waals surface area contributed by atoms with Gasteiger partial charge in [0.2, 0.25) is 0 Å². The number of ether oxygens (including phenoxy) is 3. The standard InChI is InChI=1S/C25H37N3O6/c1-5-32-21-17-19(9-10-20(21)33-18-22(29)26-11-7-6-8-12-26)23(30)27-13-15-28(16-14-27)24(31)34-25(2,3)4/h9-10,17H,5-8,11-16,18H2,1-4H3. The fraction of sp³-hybridized carbons (Fsp3) is 0.640. The summed E-state index contributed by atoms with van der Waals surface area (Å²) in [4.78, 5) is 43.0. The van der Waals surface area contributed by atoms with Crippen molar-refractivity contribution in [2.45, 2.75) is 52.6 Å². The molecule has 0 unspecified atom stereocenters. The van der Waals surface area contributed by atoms with E-state index in [0.717, 1.165) is 32.4 Å². The van der Waals surface area contributed by atoms with Gasteiger partial charge in [0.15, 0.2) is 18.1 Å². The van der Waals surface area contributed by atoms with Crippen molar-refractivity contribution in [3.63, 3.8) is 0 Å². The highest BCUT2D eigenvalue weighted by Gasteiger charge is 2.28. The second-order valence-corrected chi connectivity index (χ2v) is 9.58. The van der Waals surface area contributed by atoms with Crippen LogP contribution in [0.1, 0.15) is 57.3 Å². The molecule has 3 amide bonds. The summed E-state index contributed by atoms with van der Waals surface area (Å²) in [6.07, 6.45) is 2.85. The zero-order valence-corrected chi connectivity index (χ0v) is 20.8. The molecule has 1 aromatic rings. The van der Waals surface area contributed by atoms with Crippen LogP contribution in [0.15, 0.2) is 18.2 Å². The number of nitrogens with zero attached hydrogens (tertiary/aromatic N) is 3. The first kappa shape index (κ1) is 25.6. The molecule has 2 heterocycles. The van der Waals surface area contributed by atoms with E-state index < -0.39 is 5.60 Å². The Morgan fingerprint density at radius 2 is 1.47 bits per heavy atom. The molecule has 0 radical (unpaired) electrons. The third kappa shape index (κ3) is 7.01. The van der Waals surface area contributed by atoms with E-state index in [9.17, 15) is 14.4 Å². The van der Waals surface area contributed by atoms with Crippen LogP contribution in [0.2, 0.25) is 0 Å². The van der Waals surface area contributed by atoms with Crippen LogP contribution < -0.4 is 9.47 Å². The fourth-order valence-corrected chi connectivity index (χ4v) is 4.00. The molecule has 3 rings (SSSR count). The van der Waals surface area contributed by atoms with Crippen molar-refractivity contribution in [2.24, 2.45) is 0 Å². The largest absolute Gasteiger partial charge is 0.490 e. The van der Waals surface area contributed by atoms with Gasteiger partial charge in [0.05, 0.1) is 6.61 Å². The number of hydrogen-bond acceptors (Lipinski definition) is 6. The number of piperazine rings is 1. The lowest BCUT2D eigenvalue weighted by molar-refractivity contribution is -0.134. The van der Waals surface area contributed by atoms with Gasteiger partial charge in [-0.25, -0.2) is 4.79 Å². The first-order valence-corrected chi connectivity index (χ1v) is 12.1. The molecule has 1 aromatic carbocycles. The van der Waals surface area contributed by atoms with Gasteiger partial charge in [-0.1, -0.05) is 0 Å². The summed E-state index contributed by atoms with van der Waals surface area (Å²) >= 11 is 0. The van der Waals surface area contributed by atoms with E-state index in [-0.39, 0.29) is 24.5 Å². The quantitative estimate of drug-likeness (QED) is 0.628. The Kier molecular flexibility index (Phi) is 8.63. The normalized spacial score (nSPS) is 16.8. The highest BCUT2D eigenvalue weighted by atomic mass is 16.6. The van der Waals surface area contributed by atoms with Gasteiger partial charge >= 0.3 is 6.09 Å². The number of piperidine rings is 1. The van der Waals surface area contributed by atoms with Crippen molar-refractivity contribution in [2.75, 3.05) is 52.5 Å². The summed E-state index contributed by atoms with van der Waals surface area (Å²) in [5.74, 6) is 0.705. The molecule has 188 valence electrons. The number of benzene rings is 1. The van der Waals surface area contributed by atoms with Crippen molar-refractivity contribution in [1.29, 1.82) is 0 Å².